The van der Waals surface area contributed by atoms with Gasteiger partial charge in [-0.15, -0.1) is 0 Å². The molecule has 1 radical (unpaired) electrons. The molecule has 3 heterocycles. The van der Waals surface area contributed by atoms with Gasteiger partial charge >= 0.3 is 10.2 Å². The van der Waals surface area contributed by atoms with Crippen LogP contribution in [0.2, 0.25) is 0 Å². The van der Waals surface area contributed by atoms with Gasteiger partial charge in [-0.2, -0.15) is 17.8 Å². The number of hydrogen-bond donors (Lipinski definition) is 1. The number of ether oxygens (including phenoxy) is 2. The van der Waals surface area contributed by atoms with E-state index in [-0.39, 0.29) is 75.1 Å². The van der Waals surface area contributed by atoms with Gasteiger partial charge in [0.25, 0.3) is 0 Å². The summed E-state index contributed by atoms with van der Waals surface area (Å²) < 4.78 is 42.1. The second-order valence-corrected chi connectivity index (χ2v) is 10.3. The summed E-state index contributed by atoms with van der Waals surface area (Å²) in [5.74, 6) is 0. The van der Waals surface area contributed by atoms with Gasteiger partial charge in [0, 0.05) is 106 Å². The Labute approximate surface area is 251 Å². The summed E-state index contributed by atoms with van der Waals surface area (Å²) in [6.07, 6.45) is 4.94. The largest absolute Gasteiger partial charge is 0.376 e. The smallest absolute Gasteiger partial charge is 0.301 e. The summed E-state index contributed by atoms with van der Waals surface area (Å²) in [5.41, 5.74) is 2.23. The average Bonchev–Trinajstić information content (AvgIpc) is 3.23. The van der Waals surface area contributed by atoms with E-state index in [0.717, 1.165) is 11.1 Å². The molecule has 2 aromatic heterocycles. The Kier molecular flexibility index (Phi) is 8.59. The maximum Gasteiger partial charge on any atom is 0.301 e. The number of anilines is 1. The summed E-state index contributed by atoms with van der Waals surface area (Å²) in [5, 5.41) is 5.69. The molecule has 5 rings (SSSR count). The molecule has 1 aliphatic rings. The second-order valence-electron chi connectivity index (χ2n) is 8.48. The molecule has 1 aliphatic heterocycles. The van der Waals surface area contributed by atoms with Crippen LogP contribution in [0, 0.1) is 0 Å². The van der Waals surface area contributed by atoms with Crippen LogP contribution >= 0.6 is 0 Å². The quantitative estimate of drug-likeness (QED) is 0.375. The van der Waals surface area contributed by atoms with Crippen LogP contribution in [-0.2, 0) is 26.7 Å². The van der Waals surface area contributed by atoms with Gasteiger partial charge < -0.3 is 9.47 Å². The molecule has 0 spiro atoms. The Hall–Kier alpha value is -1.74. The van der Waals surface area contributed by atoms with E-state index in [4.69, 9.17) is 9.47 Å². The number of aryl methyl sites for hydroxylation is 1. The fourth-order valence-electron chi connectivity index (χ4n) is 4.05. The van der Waals surface area contributed by atoms with Crippen LogP contribution in [0.3, 0.4) is 0 Å². The van der Waals surface area contributed by atoms with Crippen molar-refractivity contribution in [3.63, 3.8) is 0 Å². The van der Waals surface area contributed by atoms with E-state index in [0.29, 0.717) is 41.5 Å². The number of likely N-dealkylation sites (N-methyl/N-ethyl adjacent to an activating group) is 1. The molecule has 36 heavy (non-hydrogen) atoms. The zero-order chi connectivity index (χ0) is 24.6. The van der Waals surface area contributed by atoms with Crippen LogP contribution in [0.15, 0.2) is 59.8 Å². The molecule has 12 heteroatoms. The number of nitrogens with zero attached hydrogens (tertiary/aromatic N) is 4. The van der Waals surface area contributed by atoms with E-state index >= 15 is 0 Å². The summed E-state index contributed by atoms with van der Waals surface area (Å²) in [4.78, 5) is 18.0. The molecule has 0 bridgehead atoms. The minimum atomic E-state index is -3.87. The number of nitrogens with one attached hydrogen (secondary N) is 1. The van der Waals surface area contributed by atoms with E-state index in [9.17, 15) is 13.2 Å². The summed E-state index contributed by atoms with van der Waals surface area (Å²) >= 11 is 0. The van der Waals surface area contributed by atoms with Gasteiger partial charge in [0.1, 0.15) is 0 Å². The third kappa shape index (κ3) is 5.87. The molecule has 1 N–H and O–H groups in total. The fourth-order valence-corrected chi connectivity index (χ4v) is 4.99. The van der Waals surface area contributed by atoms with Crippen LogP contribution in [0.1, 0.15) is 0 Å². The monoisotopic (exact) mass is 534 g/mol. The molecule has 0 amide bonds. The van der Waals surface area contributed by atoms with Crippen molar-refractivity contribution < 1.29 is 17.9 Å². The number of hydrogen-bond acceptors (Lipinski definition) is 7. The summed E-state index contributed by atoms with van der Waals surface area (Å²) in [6.45, 7) is 1.43. The van der Waals surface area contributed by atoms with E-state index in [1.807, 2.05) is 13.2 Å². The maximum atomic E-state index is 13.5. The molecular formula is C24H25KN5O5S. The van der Waals surface area contributed by atoms with Gasteiger partial charge in [0.2, 0.25) is 0 Å². The van der Waals surface area contributed by atoms with Gasteiger partial charge in [0.15, 0.2) is 5.43 Å². The molecular weight excluding hydrogens is 509 g/mol. The normalized spacial score (nSPS) is 16.2. The Bertz CT molecular complexity index is 1570. The van der Waals surface area contributed by atoms with E-state index in [1.54, 1.807) is 53.5 Å². The average molecular weight is 535 g/mol. The minimum Gasteiger partial charge on any atom is -0.376 e. The van der Waals surface area contributed by atoms with Crippen molar-refractivity contribution in [3.05, 3.63) is 65.2 Å². The summed E-state index contributed by atoms with van der Waals surface area (Å²) in [6, 6.07) is 10.3. The zero-order valence-electron chi connectivity index (χ0n) is 20.3. The Morgan fingerprint density at radius 2 is 1.92 bits per heavy atom. The van der Waals surface area contributed by atoms with Gasteiger partial charge in [-0.1, -0.05) is 12.1 Å². The Morgan fingerprint density at radius 3 is 2.64 bits per heavy atom. The van der Waals surface area contributed by atoms with Crippen molar-refractivity contribution in [3.8, 4) is 11.1 Å². The van der Waals surface area contributed by atoms with Crippen molar-refractivity contribution in [1.29, 1.82) is 0 Å². The molecule has 2 aromatic carbocycles. The van der Waals surface area contributed by atoms with Gasteiger partial charge in [0.05, 0.1) is 43.3 Å². The first-order chi connectivity index (χ1) is 16.8. The van der Waals surface area contributed by atoms with E-state index in [1.165, 1.54) is 11.4 Å². The van der Waals surface area contributed by atoms with Crippen LogP contribution in [-0.4, -0.2) is 118 Å². The molecule has 1 fully saturated rings. The number of benzene rings is 1. The first-order valence-electron chi connectivity index (χ1n) is 11.1. The zero-order valence-corrected chi connectivity index (χ0v) is 24.3. The van der Waals surface area contributed by atoms with Crippen molar-refractivity contribution in [2.24, 2.45) is 7.05 Å². The first-order valence-corrected chi connectivity index (χ1v) is 12.5. The Balaban J connectivity index is 0.00000304. The molecule has 4 aromatic rings. The van der Waals surface area contributed by atoms with Crippen LogP contribution in [0.25, 0.3) is 32.8 Å². The predicted octanol–water partition coefficient (Wildman–Crippen LogP) is 1.77. The van der Waals surface area contributed by atoms with Crippen molar-refractivity contribution in [2.75, 3.05) is 38.1 Å². The SMILES string of the molecule is CN(C[C@@H]1COCCO1)S(=O)(=O)Nc1ccc2ccc3ncc(-c4cnn(C)c4)cc3c(=O)c2c1.[K]. The number of fused-ring (bicyclic) bond motifs is 2. The molecule has 0 saturated carbocycles. The van der Waals surface area contributed by atoms with Crippen LogP contribution in [0.4, 0.5) is 5.69 Å². The first kappa shape index (κ1) is 27.3. The van der Waals surface area contributed by atoms with Gasteiger partial charge in [-0.3, -0.25) is 19.2 Å². The molecule has 10 nitrogen and oxygen atoms in total. The van der Waals surface area contributed by atoms with E-state index < -0.39 is 10.2 Å². The third-order valence-corrected chi connectivity index (χ3v) is 7.39. The van der Waals surface area contributed by atoms with Crippen molar-refractivity contribution in [2.45, 2.75) is 6.10 Å². The molecule has 0 aliphatic carbocycles. The number of aromatic nitrogens is 3. The van der Waals surface area contributed by atoms with E-state index in [2.05, 4.69) is 14.8 Å². The molecule has 1 atom stereocenters. The Morgan fingerprint density at radius 1 is 1.11 bits per heavy atom. The molecule has 183 valence electrons. The molecule has 0 unspecified atom stereocenters. The third-order valence-electron chi connectivity index (χ3n) is 5.92. The standard InChI is InChI=1S/C24H25N5O5S.K/c1-28-13-18(12-26-28)17-9-22-23(25-11-17)6-4-16-3-5-19(10-21(16)24(22)30)27-35(31,32)29(2)14-20-15-33-7-8-34-20;/h3-6,9-13,20,27H,7-8,14-15H2,1-2H3;/t20-;/m1./s1. The van der Waals surface area contributed by atoms with Crippen molar-refractivity contribution in [1.82, 2.24) is 19.1 Å². The topological polar surface area (TPSA) is 116 Å². The predicted molar refractivity (Wildman–Crippen MR) is 139 cm³/mol. The second kappa shape index (κ2) is 11.3. The number of rotatable bonds is 6. The maximum absolute atomic E-state index is 13.5. The fraction of sp³-hybridized carbons (Fsp3) is 0.292. The van der Waals surface area contributed by atoms with Gasteiger partial charge in [-0.25, -0.2) is 0 Å². The van der Waals surface area contributed by atoms with Crippen molar-refractivity contribution >= 4 is 89.0 Å². The molecule has 1 saturated heterocycles. The summed E-state index contributed by atoms with van der Waals surface area (Å²) in [7, 11) is -0.578. The van der Waals surface area contributed by atoms with Crippen LogP contribution in [0.5, 0.6) is 0 Å². The van der Waals surface area contributed by atoms with Crippen LogP contribution < -0.4 is 10.2 Å². The van der Waals surface area contributed by atoms with Gasteiger partial charge in [-0.05, 0) is 29.7 Å². The minimum absolute atomic E-state index is 0. The number of pyridine rings is 1.